The molecule has 1 aliphatic carbocycles. The van der Waals surface area contributed by atoms with Crippen LogP contribution >= 0.6 is 0 Å². The Kier molecular flexibility index (Phi) is 12.3. The summed E-state index contributed by atoms with van der Waals surface area (Å²) < 4.78 is 0. The number of hydrogen-bond donors (Lipinski definition) is 1. The molecule has 1 aromatic rings. The number of hydrogen-bond acceptors (Lipinski definition) is 1. The van der Waals surface area contributed by atoms with E-state index in [-0.39, 0.29) is 44.0 Å². The van der Waals surface area contributed by atoms with Gasteiger partial charge in [-0.2, -0.15) is 0 Å². The van der Waals surface area contributed by atoms with Gasteiger partial charge in [0.05, 0.1) is 8.07 Å². The van der Waals surface area contributed by atoms with Crippen molar-refractivity contribution in [2.75, 3.05) is 0 Å². The summed E-state index contributed by atoms with van der Waals surface area (Å²) in [4.78, 5) is 0. The van der Waals surface area contributed by atoms with Gasteiger partial charge in [-0.3, -0.25) is 0 Å². The van der Waals surface area contributed by atoms with E-state index < -0.39 is 8.07 Å². The largest absolute Gasteiger partial charge is 3.00 e. The number of phenols is 1. The first-order valence-electron chi connectivity index (χ1n) is 8.39. The van der Waals surface area contributed by atoms with Crippen LogP contribution in [0.15, 0.2) is 12.1 Å². The van der Waals surface area contributed by atoms with Crippen molar-refractivity contribution < 1.29 is 26.8 Å². The van der Waals surface area contributed by atoms with Crippen molar-refractivity contribution >= 4 is 13.3 Å². The molecule has 0 amide bonds. The number of rotatable bonds is 2. The molecule has 4 unspecified atom stereocenters. The predicted molar refractivity (Wildman–Crippen MR) is 114 cm³/mol. The van der Waals surface area contributed by atoms with Gasteiger partial charge >= 0.3 is 21.7 Å². The molecule has 0 spiro atoms. The Balaban J connectivity index is -0.00000121. The zero-order valence-corrected chi connectivity index (χ0v) is 21.1. The Hall–Kier alpha value is -0.0488. The van der Waals surface area contributed by atoms with Gasteiger partial charge in [-0.1, -0.05) is 58.5 Å². The van der Waals surface area contributed by atoms with Crippen molar-refractivity contribution in [3.8, 4) is 5.75 Å². The van der Waals surface area contributed by atoms with E-state index in [4.69, 9.17) is 0 Å². The summed E-state index contributed by atoms with van der Waals surface area (Å²) in [5, 5.41) is 11.9. The summed E-state index contributed by atoms with van der Waals surface area (Å²) in [5.74, 6) is 3.62. The molecule has 4 atom stereocenters. The van der Waals surface area contributed by atoms with Crippen LogP contribution in [0.25, 0.3) is 0 Å². The van der Waals surface area contributed by atoms with Crippen LogP contribution in [-0.2, 0) is 21.7 Å². The third-order valence-electron chi connectivity index (χ3n) is 6.59. The van der Waals surface area contributed by atoms with Gasteiger partial charge in [-0.05, 0) is 53.8 Å². The third-order valence-corrected chi connectivity index (χ3v) is 11.1. The molecule has 1 aliphatic rings. The van der Waals surface area contributed by atoms with E-state index in [2.05, 4.69) is 59.8 Å². The molecule has 1 nitrogen and oxygen atoms in total. The molecule has 1 radical (unpaired) electrons. The standard InChI is InChI=1S/C19H32OSi.3CH3.Ti/c1-11-9-12(2)18(20)17(10-11)21(7,8)19-15(5)13(3)14(4)16(19)6;;;;/h9-10,13-16,19-20H,1-8H3;3*1H3;/q;3*-1;+3. The minimum atomic E-state index is -1.71. The van der Waals surface area contributed by atoms with Gasteiger partial charge in [0.1, 0.15) is 5.75 Å². The number of aryl methyl sites for hydroxylation is 2. The molecule has 1 N–H and O–H groups in total. The molecule has 3 heteroatoms. The first-order valence-corrected chi connectivity index (χ1v) is 11.5. The monoisotopic (exact) mass is 397 g/mol. The first kappa shape index (κ1) is 29.7. The van der Waals surface area contributed by atoms with Crippen LogP contribution in [0.5, 0.6) is 5.75 Å². The van der Waals surface area contributed by atoms with Crippen LogP contribution in [-0.4, -0.2) is 13.2 Å². The summed E-state index contributed by atoms with van der Waals surface area (Å²) in [6.45, 7) is 18.8. The molecule has 0 bridgehead atoms. The van der Waals surface area contributed by atoms with E-state index in [1.807, 2.05) is 6.92 Å². The van der Waals surface area contributed by atoms with Crippen molar-refractivity contribution in [2.45, 2.75) is 60.2 Å². The normalized spacial score (nSPS) is 28.1. The molecule has 143 valence electrons. The maximum atomic E-state index is 10.7. The summed E-state index contributed by atoms with van der Waals surface area (Å²) in [6, 6.07) is 4.34. The van der Waals surface area contributed by atoms with Gasteiger partial charge in [0, 0.05) is 0 Å². The molecule has 0 heterocycles. The third kappa shape index (κ3) is 5.02. The second-order valence-corrected chi connectivity index (χ2v) is 12.8. The Morgan fingerprint density at radius 2 is 1.20 bits per heavy atom. The maximum absolute atomic E-state index is 10.7. The Morgan fingerprint density at radius 3 is 1.60 bits per heavy atom. The molecule has 1 saturated carbocycles. The van der Waals surface area contributed by atoms with Crippen LogP contribution in [0.2, 0.25) is 18.6 Å². The zero-order valence-electron chi connectivity index (χ0n) is 18.5. The molecule has 0 aromatic heterocycles. The minimum Gasteiger partial charge on any atom is -0.508 e. The molecular formula is C22H41OSiTi. The van der Waals surface area contributed by atoms with Gasteiger partial charge in [0.2, 0.25) is 0 Å². The van der Waals surface area contributed by atoms with E-state index in [0.717, 1.165) is 34.8 Å². The summed E-state index contributed by atoms with van der Waals surface area (Å²) in [7, 11) is -1.71. The van der Waals surface area contributed by atoms with E-state index >= 15 is 0 Å². The van der Waals surface area contributed by atoms with E-state index in [1.165, 1.54) is 10.8 Å². The van der Waals surface area contributed by atoms with Gasteiger partial charge in [0.15, 0.2) is 0 Å². The summed E-state index contributed by atoms with van der Waals surface area (Å²) >= 11 is 0. The second-order valence-electron chi connectivity index (χ2n) is 8.16. The van der Waals surface area contributed by atoms with Crippen molar-refractivity contribution in [1.82, 2.24) is 0 Å². The van der Waals surface area contributed by atoms with Crippen molar-refractivity contribution in [2.24, 2.45) is 23.7 Å². The quantitative estimate of drug-likeness (QED) is 0.465. The van der Waals surface area contributed by atoms with Crippen LogP contribution in [0, 0.1) is 59.8 Å². The maximum Gasteiger partial charge on any atom is 3.00 e. The second kappa shape index (κ2) is 10.3. The molecule has 0 saturated heterocycles. The fourth-order valence-electron chi connectivity index (χ4n) is 5.04. The number of phenolic OH excluding ortho intramolecular Hbond substituents is 1. The van der Waals surface area contributed by atoms with Gasteiger partial charge in [0.25, 0.3) is 0 Å². The predicted octanol–water partition coefficient (Wildman–Crippen LogP) is 6.20. The van der Waals surface area contributed by atoms with E-state index in [9.17, 15) is 5.11 Å². The summed E-state index contributed by atoms with van der Waals surface area (Å²) in [6.07, 6.45) is 0. The van der Waals surface area contributed by atoms with Crippen molar-refractivity contribution in [3.63, 3.8) is 0 Å². The van der Waals surface area contributed by atoms with Crippen molar-refractivity contribution in [1.29, 1.82) is 0 Å². The fraction of sp³-hybridized carbons (Fsp3) is 0.591. The molecule has 25 heavy (non-hydrogen) atoms. The topological polar surface area (TPSA) is 20.2 Å². The van der Waals surface area contributed by atoms with Gasteiger partial charge < -0.3 is 27.4 Å². The SMILES string of the molecule is Cc1cc(C)c(O)c([Si](C)(C)C2C(C)C(C)C(C)C2C)c1.[CH3-].[CH3-].[CH3-].[Ti+3]. The van der Waals surface area contributed by atoms with Crippen LogP contribution in [0.4, 0.5) is 0 Å². The average Bonchev–Trinajstić information content (AvgIpc) is 2.58. The molecule has 1 fully saturated rings. The fourth-order valence-corrected chi connectivity index (χ4v) is 10.0. The van der Waals surface area contributed by atoms with E-state index in [0.29, 0.717) is 5.75 Å². The minimum absolute atomic E-state index is 0. The Morgan fingerprint density at radius 1 is 0.800 bits per heavy atom. The number of aromatic hydroxyl groups is 1. The van der Waals surface area contributed by atoms with E-state index in [1.54, 1.807) is 0 Å². The molecular weight excluding hydrogens is 356 g/mol. The van der Waals surface area contributed by atoms with Crippen LogP contribution in [0.1, 0.15) is 38.8 Å². The first-order chi connectivity index (χ1) is 9.59. The summed E-state index contributed by atoms with van der Waals surface area (Å²) in [5.41, 5.74) is 3.06. The van der Waals surface area contributed by atoms with Crippen LogP contribution < -0.4 is 5.19 Å². The average molecular weight is 398 g/mol. The Bertz CT molecular complexity index is 527. The van der Waals surface area contributed by atoms with Crippen LogP contribution in [0.3, 0.4) is 0 Å². The molecule has 2 rings (SSSR count). The molecule has 1 aromatic carbocycles. The zero-order chi connectivity index (χ0) is 16.1. The molecule has 0 aliphatic heterocycles. The smallest absolute Gasteiger partial charge is 0.508 e. The Labute approximate surface area is 174 Å². The van der Waals surface area contributed by atoms with Gasteiger partial charge in [-0.15, -0.1) is 0 Å². The number of benzene rings is 1. The van der Waals surface area contributed by atoms with Crippen molar-refractivity contribution in [3.05, 3.63) is 45.5 Å². The van der Waals surface area contributed by atoms with Gasteiger partial charge in [-0.25, -0.2) is 0 Å².